The Morgan fingerprint density at radius 1 is 1.00 bits per heavy atom. The lowest BCUT2D eigenvalue weighted by atomic mass is 9.80. The van der Waals surface area contributed by atoms with Gasteiger partial charge in [0, 0.05) is 11.6 Å². The van der Waals surface area contributed by atoms with Gasteiger partial charge in [-0.2, -0.15) is 0 Å². The topological polar surface area (TPSA) is 38.0 Å². The first-order valence-electron chi connectivity index (χ1n) is 6.81. The van der Waals surface area contributed by atoms with Crippen molar-refractivity contribution >= 4 is 0 Å². The Bertz CT molecular complexity index is 179. The molecule has 0 bridgehead atoms. The standard InChI is InChI=1S/C13H26N2/c14-13(8-4-1-5-9-13)10-11-15-12-6-2-3-7-12/h12,15H,1-11,14H2. The van der Waals surface area contributed by atoms with Crippen LogP contribution in [0.15, 0.2) is 0 Å². The molecule has 0 unspecified atom stereocenters. The maximum absolute atomic E-state index is 6.40. The first kappa shape index (κ1) is 11.4. The average molecular weight is 210 g/mol. The minimum atomic E-state index is 0.170. The maximum atomic E-state index is 6.40. The maximum Gasteiger partial charge on any atom is 0.0166 e. The fourth-order valence-corrected chi connectivity index (χ4v) is 3.16. The molecule has 0 atom stereocenters. The molecule has 0 heterocycles. The van der Waals surface area contributed by atoms with Crippen molar-refractivity contribution in [1.82, 2.24) is 5.32 Å². The van der Waals surface area contributed by atoms with Gasteiger partial charge in [-0.05, 0) is 38.6 Å². The Kier molecular flexibility index (Phi) is 4.04. The largest absolute Gasteiger partial charge is 0.325 e. The van der Waals surface area contributed by atoms with E-state index in [0.29, 0.717) is 0 Å². The molecule has 2 aliphatic rings. The molecule has 88 valence electrons. The average Bonchev–Trinajstić information content (AvgIpc) is 2.71. The first-order chi connectivity index (χ1) is 7.29. The Morgan fingerprint density at radius 2 is 1.67 bits per heavy atom. The number of nitrogens with one attached hydrogen (secondary N) is 1. The van der Waals surface area contributed by atoms with Crippen LogP contribution in [0.2, 0.25) is 0 Å². The predicted molar refractivity (Wildman–Crippen MR) is 64.9 cm³/mol. The van der Waals surface area contributed by atoms with Crippen LogP contribution in [0.4, 0.5) is 0 Å². The SMILES string of the molecule is NC1(CCNC2CCCC2)CCCCC1. The molecule has 2 saturated carbocycles. The molecule has 0 amide bonds. The summed E-state index contributed by atoms with van der Waals surface area (Å²) in [5.74, 6) is 0. The van der Waals surface area contributed by atoms with Crippen molar-refractivity contribution in [2.75, 3.05) is 6.54 Å². The van der Waals surface area contributed by atoms with Gasteiger partial charge in [-0.3, -0.25) is 0 Å². The van der Waals surface area contributed by atoms with Gasteiger partial charge in [0.05, 0.1) is 0 Å². The van der Waals surface area contributed by atoms with E-state index < -0.39 is 0 Å². The molecule has 0 radical (unpaired) electrons. The van der Waals surface area contributed by atoms with Crippen molar-refractivity contribution < 1.29 is 0 Å². The summed E-state index contributed by atoms with van der Waals surface area (Å²) in [6.45, 7) is 1.14. The van der Waals surface area contributed by atoms with E-state index in [4.69, 9.17) is 5.73 Å². The lowest BCUT2D eigenvalue weighted by Crippen LogP contribution is -2.44. The van der Waals surface area contributed by atoms with Crippen LogP contribution in [0.5, 0.6) is 0 Å². The van der Waals surface area contributed by atoms with E-state index in [1.807, 2.05) is 0 Å². The molecule has 3 N–H and O–H groups in total. The van der Waals surface area contributed by atoms with Crippen molar-refractivity contribution in [3.05, 3.63) is 0 Å². The lowest BCUT2D eigenvalue weighted by molar-refractivity contribution is 0.271. The monoisotopic (exact) mass is 210 g/mol. The molecule has 2 rings (SSSR count). The zero-order valence-electron chi connectivity index (χ0n) is 9.93. The van der Waals surface area contributed by atoms with Crippen molar-refractivity contribution in [3.8, 4) is 0 Å². The van der Waals surface area contributed by atoms with Gasteiger partial charge in [0.2, 0.25) is 0 Å². The summed E-state index contributed by atoms with van der Waals surface area (Å²) in [6.07, 6.45) is 13.4. The molecule has 2 nitrogen and oxygen atoms in total. The molecule has 2 heteroatoms. The summed E-state index contributed by atoms with van der Waals surface area (Å²) >= 11 is 0. The number of nitrogens with two attached hydrogens (primary N) is 1. The second kappa shape index (κ2) is 5.31. The van der Waals surface area contributed by atoms with E-state index in [1.54, 1.807) is 0 Å². The van der Waals surface area contributed by atoms with Gasteiger partial charge in [0.15, 0.2) is 0 Å². The van der Waals surface area contributed by atoms with Gasteiger partial charge < -0.3 is 11.1 Å². The lowest BCUT2D eigenvalue weighted by Gasteiger charge is -2.33. The Hall–Kier alpha value is -0.0800. The van der Waals surface area contributed by atoms with Gasteiger partial charge in [0.25, 0.3) is 0 Å². The molecule has 0 aromatic rings. The highest BCUT2D eigenvalue weighted by atomic mass is 14.9. The van der Waals surface area contributed by atoms with Crippen LogP contribution < -0.4 is 11.1 Å². The highest BCUT2D eigenvalue weighted by Crippen LogP contribution is 2.28. The van der Waals surface area contributed by atoms with Crippen LogP contribution in [0, 0.1) is 0 Å². The van der Waals surface area contributed by atoms with Crippen LogP contribution in [-0.4, -0.2) is 18.1 Å². The smallest absolute Gasteiger partial charge is 0.0166 e. The minimum absolute atomic E-state index is 0.170. The van der Waals surface area contributed by atoms with Crippen LogP contribution in [0.1, 0.15) is 64.2 Å². The summed E-state index contributed by atoms with van der Waals surface area (Å²) < 4.78 is 0. The van der Waals surface area contributed by atoms with E-state index in [9.17, 15) is 0 Å². The predicted octanol–water partition coefficient (Wildman–Crippen LogP) is 2.57. The molecule has 0 aliphatic heterocycles. The van der Waals surface area contributed by atoms with Crippen LogP contribution in [-0.2, 0) is 0 Å². The van der Waals surface area contributed by atoms with Crippen molar-refractivity contribution in [1.29, 1.82) is 0 Å². The zero-order valence-corrected chi connectivity index (χ0v) is 9.93. The zero-order chi connectivity index (χ0) is 10.6. The normalized spacial score (nSPS) is 27.0. The van der Waals surface area contributed by atoms with Gasteiger partial charge in [-0.15, -0.1) is 0 Å². The van der Waals surface area contributed by atoms with Gasteiger partial charge in [0.1, 0.15) is 0 Å². The summed E-state index contributed by atoms with van der Waals surface area (Å²) in [6, 6.07) is 0.803. The highest BCUT2D eigenvalue weighted by Gasteiger charge is 2.27. The fraction of sp³-hybridized carbons (Fsp3) is 1.00. The third-order valence-corrected chi connectivity index (χ3v) is 4.26. The van der Waals surface area contributed by atoms with E-state index >= 15 is 0 Å². The molecular formula is C13H26N2. The molecule has 0 aromatic carbocycles. The first-order valence-corrected chi connectivity index (χ1v) is 6.81. The molecule has 0 saturated heterocycles. The van der Waals surface area contributed by atoms with Gasteiger partial charge >= 0.3 is 0 Å². The third kappa shape index (κ3) is 3.46. The summed E-state index contributed by atoms with van der Waals surface area (Å²) in [4.78, 5) is 0. The molecule has 15 heavy (non-hydrogen) atoms. The molecule has 2 aliphatic carbocycles. The van der Waals surface area contributed by atoms with Crippen LogP contribution >= 0.6 is 0 Å². The second-order valence-electron chi connectivity index (χ2n) is 5.61. The highest BCUT2D eigenvalue weighted by molar-refractivity contribution is 4.88. The molecule has 0 aromatic heterocycles. The summed E-state index contributed by atoms with van der Waals surface area (Å²) in [5.41, 5.74) is 6.57. The molecular weight excluding hydrogens is 184 g/mol. The van der Waals surface area contributed by atoms with Gasteiger partial charge in [-0.1, -0.05) is 32.1 Å². The van der Waals surface area contributed by atoms with E-state index in [2.05, 4.69) is 5.32 Å². The number of rotatable bonds is 4. The Balaban J connectivity index is 1.63. The van der Waals surface area contributed by atoms with Crippen molar-refractivity contribution in [2.45, 2.75) is 75.8 Å². The Morgan fingerprint density at radius 3 is 2.33 bits per heavy atom. The quantitative estimate of drug-likeness (QED) is 0.748. The van der Waals surface area contributed by atoms with Crippen molar-refractivity contribution in [2.24, 2.45) is 5.73 Å². The van der Waals surface area contributed by atoms with Crippen LogP contribution in [0.3, 0.4) is 0 Å². The van der Waals surface area contributed by atoms with E-state index in [1.165, 1.54) is 64.2 Å². The fourth-order valence-electron chi connectivity index (χ4n) is 3.16. The minimum Gasteiger partial charge on any atom is -0.325 e. The number of hydrogen-bond donors (Lipinski definition) is 2. The second-order valence-corrected chi connectivity index (χ2v) is 5.61. The summed E-state index contributed by atoms with van der Waals surface area (Å²) in [7, 11) is 0. The van der Waals surface area contributed by atoms with Crippen molar-refractivity contribution in [3.63, 3.8) is 0 Å². The summed E-state index contributed by atoms with van der Waals surface area (Å²) in [5, 5.41) is 3.67. The van der Waals surface area contributed by atoms with E-state index in [-0.39, 0.29) is 5.54 Å². The number of hydrogen-bond acceptors (Lipinski definition) is 2. The molecule has 0 spiro atoms. The Labute approximate surface area is 94.0 Å². The van der Waals surface area contributed by atoms with Crippen LogP contribution in [0.25, 0.3) is 0 Å². The molecule has 2 fully saturated rings. The third-order valence-electron chi connectivity index (χ3n) is 4.26. The van der Waals surface area contributed by atoms with E-state index in [0.717, 1.165) is 12.6 Å². The van der Waals surface area contributed by atoms with Gasteiger partial charge in [-0.25, -0.2) is 0 Å².